The molecular weight excluding hydrogens is 314 g/mol. The minimum absolute atomic E-state index is 0.735. The molecule has 1 N–H and O–H groups in total. The van der Waals surface area contributed by atoms with Gasteiger partial charge in [-0.2, -0.15) is 0 Å². The van der Waals surface area contributed by atoms with E-state index in [1.54, 1.807) is 0 Å². The maximum atomic E-state index is 4.54. The lowest BCUT2D eigenvalue weighted by atomic mass is 9.97. The fourth-order valence-corrected chi connectivity index (χ4v) is 3.95. The Balaban J connectivity index is 1.67. The molecule has 0 radical (unpaired) electrons. The van der Waals surface area contributed by atoms with Crippen LogP contribution in [0.4, 0.5) is 0 Å². The summed E-state index contributed by atoms with van der Waals surface area (Å²) in [7, 11) is 0. The number of hydrogen-bond donors (Lipinski definition) is 1. The number of halogens is 1. The maximum Gasteiger partial charge on any atom is 0.0544 e. The third-order valence-corrected chi connectivity index (χ3v) is 5.10. The number of aromatic nitrogens is 1. The summed E-state index contributed by atoms with van der Waals surface area (Å²) in [4.78, 5) is 7.20. The van der Waals surface area contributed by atoms with Crippen LogP contribution in [0.15, 0.2) is 22.8 Å². The van der Waals surface area contributed by atoms with E-state index in [4.69, 9.17) is 0 Å². The number of hydrogen-bond acceptors (Lipinski definition) is 3. The fraction of sp³-hybridized carbons (Fsp3) is 0.688. The molecule has 3 nitrogen and oxygen atoms in total. The highest BCUT2D eigenvalue weighted by Crippen LogP contribution is 2.30. The monoisotopic (exact) mass is 337 g/mol. The number of pyridine rings is 1. The quantitative estimate of drug-likeness (QED) is 0.893. The summed E-state index contributed by atoms with van der Waals surface area (Å²) in [5, 5.41) is 3.74. The van der Waals surface area contributed by atoms with Gasteiger partial charge in [0.25, 0.3) is 0 Å². The Labute approximate surface area is 130 Å². The predicted molar refractivity (Wildman–Crippen MR) is 85.6 cm³/mol. The van der Waals surface area contributed by atoms with Crippen molar-refractivity contribution >= 4 is 15.9 Å². The number of nitrogens with zero attached hydrogens (tertiary/aromatic N) is 2. The molecule has 1 aromatic rings. The van der Waals surface area contributed by atoms with E-state index in [2.05, 4.69) is 50.2 Å². The Morgan fingerprint density at radius 1 is 1.30 bits per heavy atom. The predicted octanol–water partition coefficient (Wildman–Crippen LogP) is 3.34. The molecule has 0 saturated carbocycles. The molecule has 2 aliphatic rings. The molecule has 0 spiro atoms. The molecule has 20 heavy (non-hydrogen) atoms. The van der Waals surface area contributed by atoms with Gasteiger partial charge in [-0.05, 0) is 66.7 Å². The molecule has 2 fully saturated rings. The number of piperidine rings is 1. The zero-order chi connectivity index (χ0) is 13.9. The lowest BCUT2D eigenvalue weighted by molar-refractivity contribution is 0.132. The average molecular weight is 338 g/mol. The van der Waals surface area contributed by atoms with Crippen LogP contribution < -0.4 is 5.32 Å². The number of fused-ring (bicyclic) bond motifs is 2. The Morgan fingerprint density at radius 2 is 2.05 bits per heavy atom. The molecule has 2 saturated heterocycles. The summed E-state index contributed by atoms with van der Waals surface area (Å²) in [6.45, 7) is 4.45. The van der Waals surface area contributed by atoms with Crippen molar-refractivity contribution in [2.24, 2.45) is 0 Å². The highest BCUT2D eigenvalue weighted by molar-refractivity contribution is 9.10. The van der Waals surface area contributed by atoms with Crippen LogP contribution in [0.25, 0.3) is 0 Å². The summed E-state index contributed by atoms with van der Waals surface area (Å²) in [6.07, 6.45) is 8.50. The summed E-state index contributed by atoms with van der Waals surface area (Å²) in [5.74, 6) is 0. The topological polar surface area (TPSA) is 28.2 Å². The Hall–Kier alpha value is -0.450. The van der Waals surface area contributed by atoms with Crippen molar-refractivity contribution in [3.63, 3.8) is 0 Å². The minimum Gasteiger partial charge on any atom is -0.311 e. The molecule has 2 unspecified atom stereocenters. The minimum atomic E-state index is 0.735. The van der Waals surface area contributed by atoms with Crippen molar-refractivity contribution in [1.29, 1.82) is 0 Å². The summed E-state index contributed by atoms with van der Waals surface area (Å²) >= 11 is 3.46. The second kappa shape index (κ2) is 6.54. The van der Waals surface area contributed by atoms with Gasteiger partial charge in [0.2, 0.25) is 0 Å². The standard InChI is InChI=1S/C16H24BrN3/c1-2-7-20(11-15-4-3-12(17)10-18-15)16-8-13-5-6-14(9-16)19-13/h3-4,10,13-14,16,19H,2,5-9,11H2,1H3. The van der Waals surface area contributed by atoms with Crippen molar-refractivity contribution in [2.75, 3.05) is 6.54 Å². The molecular formula is C16H24BrN3. The van der Waals surface area contributed by atoms with Crippen molar-refractivity contribution in [3.05, 3.63) is 28.5 Å². The van der Waals surface area contributed by atoms with E-state index < -0.39 is 0 Å². The van der Waals surface area contributed by atoms with E-state index >= 15 is 0 Å². The van der Waals surface area contributed by atoms with Gasteiger partial charge in [-0.15, -0.1) is 0 Å². The molecule has 0 amide bonds. The van der Waals surface area contributed by atoms with Crippen molar-refractivity contribution in [3.8, 4) is 0 Å². The third-order valence-electron chi connectivity index (χ3n) is 4.63. The molecule has 0 aliphatic carbocycles. The zero-order valence-electron chi connectivity index (χ0n) is 12.2. The molecule has 0 aromatic carbocycles. The van der Waals surface area contributed by atoms with Crippen molar-refractivity contribution in [1.82, 2.24) is 15.2 Å². The van der Waals surface area contributed by atoms with Gasteiger partial charge in [0.05, 0.1) is 5.69 Å². The second-order valence-corrected chi connectivity index (χ2v) is 7.12. The van der Waals surface area contributed by atoms with E-state index in [1.807, 2.05) is 6.20 Å². The smallest absolute Gasteiger partial charge is 0.0544 e. The first kappa shape index (κ1) is 14.5. The van der Waals surface area contributed by atoms with E-state index in [0.717, 1.165) is 29.1 Å². The van der Waals surface area contributed by atoms with Gasteiger partial charge in [0.15, 0.2) is 0 Å². The summed E-state index contributed by atoms with van der Waals surface area (Å²) in [5.41, 5.74) is 1.19. The molecule has 2 aliphatic heterocycles. The van der Waals surface area contributed by atoms with Crippen LogP contribution in [-0.2, 0) is 6.54 Å². The molecule has 2 bridgehead atoms. The van der Waals surface area contributed by atoms with Gasteiger partial charge in [0, 0.05) is 35.3 Å². The lowest BCUT2D eigenvalue weighted by Crippen LogP contribution is -2.48. The van der Waals surface area contributed by atoms with Crippen LogP contribution in [-0.4, -0.2) is 34.6 Å². The van der Waals surface area contributed by atoms with E-state index in [1.165, 1.54) is 44.3 Å². The Morgan fingerprint density at radius 3 is 2.65 bits per heavy atom. The van der Waals surface area contributed by atoms with Crippen LogP contribution >= 0.6 is 15.9 Å². The van der Waals surface area contributed by atoms with Gasteiger partial charge >= 0.3 is 0 Å². The highest BCUT2D eigenvalue weighted by Gasteiger charge is 2.35. The number of nitrogens with one attached hydrogen (secondary N) is 1. The molecule has 3 heterocycles. The largest absolute Gasteiger partial charge is 0.311 e. The lowest BCUT2D eigenvalue weighted by Gasteiger charge is -2.37. The van der Waals surface area contributed by atoms with E-state index in [9.17, 15) is 0 Å². The Bertz CT molecular complexity index is 422. The maximum absolute atomic E-state index is 4.54. The first-order chi connectivity index (χ1) is 9.74. The SMILES string of the molecule is CCCN(Cc1ccc(Br)cn1)C1CC2CCC(C1)N2. The van der Waals surface area contributed by atoms with E-state index in [0.29, 0.717) is 0 Å². The fourth-order valence-electron chi connectivity index (χ4n) is 3.71. The number of rotatable bonds is 5. The Kier molecular flexibility index (Phi) is 4.74. The van der Waals surface area contributed by atoms with Crippen LogP contribution in [0.1, 0.15) is 44.7 Å². The molecule has 2 atom stereocenters. The molecule has 3 rings (SSSR count). The van der Waals surface area contributed by atoms with Gasteiger partial charge < -0.3 is 5.32 Å². The van der Waals surface area contributed by atoms with Crippen LogP contribution in [0.5, 0.6) is 0 Å². The van der Waals surface area contributed by atoms with E-state index in [-0.39, 0.29) is 0 Å². The normalized spacial score (nSPS) is 29.1. The summed E-state index contributed by atoms with van der Waals surface area (Å²) in [6, 6.07) is 6.49. The molecule has 4 heteroatoms. The second-order valence-electron chi connectivity index (χ2n) is 6.20. The average Bonchev–Trinajstić information content (AvgIpc) is 2.79. The first-order valence-electron chi connectivity index (χ1n) is 7.85. The van der Waals surface area contributed by atoms with Gasteiger partial charge in [-0.1, -0.05) is 6.92 Å². The van der Waals surface area contributed by atoms with Gasteiger partial charge in [-0.3, -0.25) is 9.88 Å². The molecule has 1 aromatic heterocycles. The zero-order valence-corrected chi connectivity index (χ0v) is 13.8. The highest BCUT2D eigenvalue weighted by atomic mass is 79.9. The van der Waals surface area contributed by atoms with Crippen molar-refractivity contribution < 1.29 is 0 Å². The van der Waals surface area contributed by atoms with Crippen molar-refractivity contribution in [2.45, 2.75) is 63.7 Å². The third kappa shape index (κ3) is 3.41. The van der Waals surface area contributed by atoms with Gasteiger partial charge in [-0.25, -0.2) is 0 Å². The van der Waals surface area contributed by atoms with Crippen LogP contribution in [0, 0.1) is 0 Å². The summed E-state index contributed by atoms with van der Waals surface area (Å²) < 4.78 is 1.06. The van der Waals surface area contributed by atoms with Crippen LogP contribution in [0.3, 0.4) is 0 Å². The molecule has 110 valence electrons. The van der Waals surface area contributed by atoms with Gasteiger partial charge in [0.1, 0.15) is 0 Å². The van der Waals surface area contributed by atoms with Crippen LogP contribution in [0.2, 0.25) is 0 Å². The first-order valence-corrected chi connectivity index (χ1v) is 8.64.